The van der Waals surface area contributed by atoms with Crippen LogP contribution < -0.4 is 0 Å². The number of sulfone groups is 1. The van der Waals surface area contributed by atoms with Crippen molar-refractivity contribution in [3.8, 4) is 0 Å². The summed E-state index contributed by atoms with van der Waals surface area (Å²) in [6, 6.07) is 20.3. The monoisotopic (exact) mass is 477 g/mol. The Morgan fingerprint density at radius 2 is 1.59 bits per heavy atom. The molecule has 7 nitrogen and oxygen atoms in total. The first kappa shape index (κ1) is 23.3. The molecule has 1 aliphatic rings. The number of aryl methyl sites for hydroxylation is 1. The lowest BCUT2D eigenvalue weighted by molar-refractivity contribution is -0.130. The highest BCUT2D eigenvalue weighted by atomic mass is 32.2. The SMILES string of the molecule is COC(=O)c1ccc([C@H]2C(S(=O)(=O)c3ccc(C)cc3)=C(O)C(=O)N2Cc2ccccc2)cc1. The highest BCUT2D eigenvalue weighted by Gasteiger charge is 2.46. The number of hydrogen-bond acceptors (Lipinski definition) is 6. The van der Waals surface area contributed by atoms with Crippen molar-refractivity contribution in [2.24, 2.45) is 0 Å². The van der Waals surface area contributed by atoms with E-state index in [1.165, 1.54) is 36.3 Å². The summed E-state index contributed by atoms with van der Waals surface area (Å²) < 4.78 is 32.0. The zero-order valence-corrected chi connectivity index (χ0v) is 19.5. The average Bonchev–Trinajstić information content (AvgIpc) is 3.10. The molecule has 8 heteroatoms. The molecule has 34 heavy (non-hydrogen) atoms. The van der Waals surface area contributed by atoms with Gasteiger partial charge in [0.05, 0.1) is 23.6 Å². The molecule has 0 saturated heterocycles. The zero-order chi connectivity index (χ0) is 24.5. The lowest BCUT2D eigenvalue weighted by atomic mass is 10.0. The Morgan fingerprint density at radius 3 is 2.18 bits per heavy atom. The summed E-state index contributed by atoms with van der Waals surface area (Å²) in [6.45, 7) is 1.92. The van der Waals surface area contributed by atoms with Crippen LogP contribution in [0, 0.1) is 6.92 Å². The minimum absolute atomic E-state index is 0.0230. The van der Waals surface area contributed by atoms with E-state index in [1.807, 2.05) is 37.3 Å². The molecule has 0 aliphatic carbocycles. The Hall–Kier alpha value is -3.91. The quantitative estimate of drug-likeness (QED) is 0.536. The maximum atomic E-state index is 13.6. The van der Waals surface area contributed by atoms with Crippen LogP contribution in [0.15, 0.2) is 94.4 Å². The molecule has 1 N–H and O–H groups in total. The molecule has 0 aromatic heterocycles. The Balaban J connectivity index is 1.84. The first-order chi connectivity index (χ1) is 16.2. The van der Waals surface area contributed by atoms with E-state index < -0.39 is 33.5 Å². The molecule has 0 fully saturated rings. The summed E-state index contributed by atoms with van der Waals surface area (Å²) in [6.07, 6.45) is 0. The molecule has 0 radical (unpaired) electrons. The normalized spacial score (nSPS) is 16.1. The second-order valence-electron chi connectivity index (χ2n) is 7.96. The van der Waals surface area contributed by atoms with Crippen molar-refractivity contribution < 1.29 is 27.9 Å². The molecule has 3 aromatic rings. The molecule has 1 atom stereocenters. The minimum Gasteiger partial charge on any atom is -0.502 e. The Bertz CT molecular complexity index is 1360. The van der Waals surface area contributed by atoms with E-state index in [1.54, 1.807) is 24.3 Å². The molecule has 0 saturated carbocycles. The number of methoxy groups -OCH3 is 1. The van der Waals surface area contributed by atoms with E-state index in [0.717, 1.165) is 11.1 Å². The maximum Gasteiger partial charge on any atom is 0.337 e. The highest BCUT2D eigenvalue weighted by molar-refractivity contribution is 7.95. The largest absolute Gasteiger partial charge is 0.502 e. The molecular formula is C26H23NO6S. The number of rotatable bonds is 6. The van der Waals surface area contributed by atoms with Crippen LogP contribution in [0.3, 0.4) is 0 Å². The van der Waals surface area contributed by atoms with Gasteiger partial charge in [-0.1, -0.05) is 60.2 Å². The third kappa shape index (κ3) is 4.20. The van der Waals surface area contributed by atoms with Crippen molar-refractivity contribution in [3.63, 3.8) is 0 Å². The lowest BCUT2D eigenvalue weighted by Crippen LogP contribution is -2.30. The number of esters is 1. The maximum absolute atomic E-state index is 13.6. The van der Waals surface area contributed by atoms with E-state index in [4.69, 9.17) is 4.74 Å². The predicted octanol–water partition coefficient (Wildman–Crippen LogP) is 4.11. The van der Waals surface area contributed by atoms with E-state index in [2.05, 4.69) is 0 Å². The van der Waals surface area contributed by atoms with E-state index in [-0.39, 0.29) is 21.9 Å². The topological polar surface area (TPSA) is 101 Å². The summed E-state index contributed by atoms with van der Waals surface area (Å²) in [5.41, 5.74) is 2.36. The van der Waals surface area contributed by atoms with Gasteiger partial charge in [0, 0.05) is 6.54 Å². The molecule has 4 rings (SSSR count). The lowest BCUT2D eigenvalue weighted by Gasteiger charge is -2.27. The fraction of sp³-hybridized carbons (Fsp3) is 0.154. The molecule has 174 valence electrons. The number of benzene rings is 3. The highest BCUT2D eigenvalue weighted by Crippen LogP contribution is 2.43. The number of aliphatic hydroxyl groups is 1. The first-order valence-corrected chi connectivity index (χ1v) is 12.0. The van der Waals surface area contributed by atoms with Gasteiger partial charge in [0.1, 0.15) is 4.91 Å². The van der Waals surface area contributed by atoms with E-state index >= 15 is 0 Å². The summed E-state index contributed by atoms with van der Waals surface area (Å²) in [7, 11) is -2.95. The van der Waals surface area contributed by atoms with Crippen LogP contribution in [0.25, 0.3) is 0 Å². The van der Waals surface area contributed by atoms with Crippen LogP contribution in [0.1, 0.15) is 33.1 Å². The van der Waals surface area contributed by atoms with Gasteiger partial charge in [0.25, 0.3) is 5.91 Å². The molecule has 1 amide bonds. The Labute approximate surface area is 197 Å². The van der Waals surface area contributed by atoms with Crippen molar-refractivity contribution in [3.05, 3.63) is 112 Å². The standard InChI is InChI=1S/C26H23NO6S/c1-17-8-14-21(15-9-17)34(31,32)24-22(19-10-12-20(13-11-19)26(30)33-2)27(25(29)23(24)28)16-18-6-4-3-5-7-18/h3-15,22,28H,16H2,1-2H3/t22-/m0/s1. The van der Waals surface area contributed by atoms with Crippen molar-refractivity contribution >= 4 is 21.7 Å². The van der Waals surface area contributed by atoms with Crippen LogP contribution in [0.5, 0.6) is 0 Å². The van der Waals surface area contributed by atoms with Crippen LogP contribution in [-0.4, -0.2) is 37.4 Å². The molecular weight excluding hydrogens is 454 g/mol. The number of hydrogen-bond donors (Lipinski definition) is 1. The first-order valence-electron chi connectivity index (χ1n) is 10.5. The van der Waals surface area contributed by atoms with Crippen molar-refractivity contribution in [1.29, 1.82) is 0 Å². The summed E-state index contributed by atoms with van der Waals surface area (Å²) in [5, 5.41) is 10.8. The van der Waals surface area contributed by atoms with Gasteiger partial charge in [0.2, 0.25) is 9.84 Å². The number of ether oxygens (including phenoxy) is 1. The second-order valence-corrected chi connectivity index (χ2v) is 9.88. The number of carbonyl (C=O) groups is 2. The smallest absolute Gasteiger partial charge is 0.337 e. The Morgan fingerprint density at radius 1 is 0.971 bits per heavy atom. The third-order valence-electron chi connectivity index (χ3n) is 5.72. The van der Waals surface area contributed by atoms with E-state index in [0.29, 0.717) is 5.56 Å². The van der Waals surface area contributed by atoms with Gasteiger partial charge >= 0.3 is 5.97 Å². The van der Waals surface area contributed by atoms with Gasteiger partial charge in [-0.15, -0.1) is 0 Å². The zero-order valence-electron chi connectivity index (χ0n) is 18.6. The summed E-state index contributed by atoms with van der Waals surface area (Å²) in [5.74, 6) is -2.13. The predicted molar refractivity (Wildman–Crippen MR) is 126 cm³/mol. The van der Waals surface area contributed by atoms with Crippen LogP contribution in [0.4, 0.5) is 0 Å². The average molecular weight is 478 g/mol. The van der Waals surface area contributed by atoms with Crippen LogP contribution >= 0.6 is 0 Å². The minimum atomic E-state index is -4.22. The van der Waals surface area contributed by atoms with Crippen molar-refractivity contribution in [2.75, 3.05) is 7.11 Å². The molecule has 1 aliphatic heterocycles. The van der Waals surface area contributed by atoms with Gasteiger partial charge in [-0.3, -0.25) is 4.79 Å². The van der Waals surface area contributed by atoms with Crippen LogP contribution in [0.2, 0.25) is 0 Å². The molecule has 0 spiro atoms. The van der Waals surface area contributed by atoms with E-state index in [9.17, 15) is 23.1 Å². The van der Waals surface area contributed by atoms with Crippen LogP contribution in [-0.2, 0) is 25.9 Å². The number of amides is 1. The van der Waals surface area contributed by atoms with Crippen molar-refractivity contribution in [2.45, 2.75) is 24.4 Å². The third-order valence-corrected chi connectivity index (χ3v) is 7.61. The fourth-order valence-electron chi connectivity index (χ4n) is 3.94. The molecule has 3 aromatic carbocycles. The fourth-order valence-corrected chi connectivity index (χ4v) is 5.59. The Kier molecular flexibility index (Phi) is 6.26. The van der Waals surface area contributed by atoms with Gasteiger partial charge in [-0.2, -0.15) is 0 Å². The molecule has 0 unspecified atom stereocenters. The molecule has 0 bridgehead atoms. The van der Waals surface area contributed by atoms with Gasteiger partial charge in [0.15, 0.2) is 5.76 Å². The molecule has 1 heterocycles. The number of carbonyl (C=O) groups excluding carboxylic acids is 2. The summed E-state index contributed by atoms with van der Waals surface area (Å²) in [4.78, 5) is 25.9. The van der Waals surface area contributed by atoms with Crippen molar-refractivity contribution in [1.82, 2.24) is 4.90 Å². The number of nitrogens with zero attached hydrogens (tertiary/aromatic N) is 1. The van der Waals surface area contributed by atoms with Gasteiger partial charge in [-0.25, -0.2) is 13.2 Å². The second kappa shape index (κ2) is 9.15. The van der Waals surface area contributed by atoms with Gasteiger partial charge in [-0.05, 0) is 42.3 Å². The number of aliphatic hydroxyl groups excluding tert-OH is 1. The summed E-state index contributed by atoms with van der Waals surface area (Å²) >= 11 is 0. The van der Waals surface area contributed by atoms with Gasteiger partial charge < -0.3 is 14.7 Å².